The lowest BCUT2D eigenvalue weighted by Gasteiger charge is -2.51. The first-order valence-electron chi connectivity index (χ1n) is 7.46. The minimum atomic E-state index is -0.777. The van der Waals surface area contributed by atoms with E-state index in [1.807, 2.05) is 0 Å². The van der Waals surface area contributed by atoms with Gasteiger partial charge in [-0.2, -0.15) is 0 Å². The molecule has 1 unspecified atom stereocenters. The first kappa shape index (κ1) is 13.8. The van der Waals surface area contributed by atoms with Gasteiger partial charge in [-0.05, 0) is 26.3 Å². The minimum absolute atomic E-state index is 0.0529. The number of hydrogen-bond acceptors (Lipinski definition) is 4. The van der Waals surface area contributed by atoms with E-state index in [0.717, 1.165) is 32.4 Å². The first-order chi connectivity index (χ1) is 9.55. The summed E-state index contributed by atoms with van der Waals surface area (Å²) in [5.41, 5.74) is -0.961. The van der Waals surface area contributed by atoms with Crippen molar-refractivity contribution in [3.05, 3.63) is 28.9 Å². The number of likely N-dealkylation sites (tertiary alicyclic amines) is 1. The van der Waals surface area contributed by atoms with Gasteiger partial charge in [0.1, 0.15) is 0 Å². The van der Waals surface area contributed by atoms with Gasteiger partial charge in [0.15, 0.2) is 0 Å². The van der Waals surface area contributed by atoms with Gasteiger partial charge < -0.3 is 14.6 Å². The highest BCUT2D eigenvalue weighted by molar-refractivity contribution is 5.06. The van der Waals surface area contributed by atoms with Gasteiger partial charge in [0.2, 0.25) is 0 Å². The monoisotopic (exact) mass is 277 g/mol. The first-order valence-corrected chi connectivity index (χ1v) is 7.46. The third-order valence-corrected chi connectivity index (χ3v) is 5.26. The molecule has 5 heteroatoms. The van der Waals surface area contributed by atoms with Crippen LogP contribution in [-0.2, 0) is 6.54 Å². The highest BCUT2D eigenvalue weighted by Gasteiger charge is 2.54. The summed E-state index contributed by atoms with van der Waals surface area (Å²) >= 11 is 0. The summed E-state index contributed by atoms with van der Waals surface area (Å²) in [7, 11) is 2.12. The van der Waals surface area contributed by atoms with Crippen LogP contribution in [0.3, 0.4) is 0 Å². The van der Waals surface area contributed by atoms with Crippen molar-refractivity contribution in [1.82, 2.24) is 14.5 Å². The normalized spacial score (nSPS) is 29.9. The van der Waals surface area contributed by atoms with Crippen LogP contribution in [0.2, 0.25) is 0 Å². The third-order valence-electron chi connectivity index (χ3n) is 5.26. The van der Waals surface area contributed by atoms with Crippen LogP contribution in [0.5, 0.6) is 0 Å². The molecule has 1 atom stereocenters. The average Bonchev–Trinajstić information content (AvgIpc) is 2.88. The van der Waals surface area contributed by atoms with Crippen LogP contribution in [0.1, 0.15) is 32.1 Å². The maximum Gasteiger partial charge on any atom is 0.269 e. The molecule has 2 heterocycles. The molecule has 3 rings (SSSR count). The van der Waals surface area contributed by atoms with E-state index in [-0.39, 0.29) is 11.0 Å². The molecule has 1 aromatic rings. The highest BCUT2D eigenvalue weighted by atomic mass is 16.3. The number of aliphatic hydroxyl groups is 1. The second-order valence-electron chi connectivity index (χ2n) is 6.55. The predicted octanol–water partition coefficient (Wildman–Crippen LogP) is 0.870. The van der Waals surface area contributed by atoms with Crippen LogP contribution in [0.15, 0.2) is 23.4 Å². The Kier molecular flexibility index (Phi) is 3.42. The zero-order valence-corrected chi connectivity index (χ0v) is 12.1. The fraction of sp³-hybridized carbons (Fsp3) is 0.733. The van der Waals surface area contributed by atoms with Crippen LogP contribution in [0.4, 0.5) is 0 Å². The summed E-state index contributed by atoms with van der Waals surface area (Å²) in [6.45, 7) is 2.21. The molecule has 110 valence electrons. The topological polar surface area (TPSA) is 58.4 Å². The van der Waals surface area contributed by atoms with Crippen molar-refractivity contribution in [3.63, 3.8) is 0 Å². The Labute approximate surface area is 119 Å². The Morgan fingerprint density at radius 3 is 2.80 bits per heavy atom. The Morgan fingerprint density at radius 2 is 2.10 bits per heavy atom. The molecule has 0 bridgehead atoms. The van der Waals surface area contributed by atoms with Crippen LogP contribution >= 0.6 is 0 Å². The molecule has 1 N–H and O–H groups in total. The van der Waals surface area contributed by atoms with E-state index >= 15 is 0 Å². The number of nitrogens with zero attached hydrogens (tertiary/aromatic N) is 3. The molecule has 1 spiro atoms. The van der Waals surface area contributed by atoms with Crippen LogP contribution in [0, 0.1) is 5.41 Å². The smallest absolute Gasteiger partial charge is 0.269 e. The minimum Gasteiger partial charge on any atom is -0.387 e. The van der Waals surface area contributed by atoms with Crippen molar-refractivity contribution in [2.24, 2.45) is 5.41 Å². The van der Waals surface area contributed by atoms with Crippen molar-refractivity contribution in [3.8, 4) is 0 Å². The van der Waals surface area contributed by atoms with Gasteiger partial charge in [0.05, 0.1) is 18.3 Å². The molecule has 1 saturated heterocycles. The number of aromatic nitrogens is 2. The quantitative estimate of drug-likeness (QED) is 0.871. The molecular weight excluding hydrogens is 254 g/mol. The van der Waals surface area contributed by atoms with E-state index in [0.29, 0.717) is 6.54 Å². The summed E-state index contributed by atoms with van der Waals surface area (Å²) in [5.74, 6) is 0. The average molecular weight is 277 g/mol. The SMILES string of the molecule is CN1CCC(O)(Cn2ccncc2=O)C2(CCCC2)C1. The summed E-state index contributed by atoms with van der Waals surface area (Å²) in [5, 5.41) is 11.3. The second kappa shape index (κ2) is 4.97. The van der Waals surface area contributed by atoms with Crippen LogP contribution < -0.4 is 5.56 Å². The van der Waals surface area contributed by atoms with Crippen LogP contribution in [-0.4, -0.2) is 45.3 Å². The zero-order chi connectivity index (χ0) is 14.2. The van der Waals surface area contributed by atoms with Crippen LogP contribution in [0.25, 0.3) is 0 Å². The highest BCUT2D eigenvalue weighted by Crippen LogP contribution is 2.51. The number of rotatable bonds is 2. The molecule has 1 saturated carbocycles. The third kappa shape index (κ3) is 2.19. The second-order valence-corrected chi connectivity index (χ2v) is 6.55. The number of piperidine rings is 1. The van der Waals surface area contributed by atoms with E-state index < -0.39 is 5.60 Å². The molecule has 0 aromatic carbocycles. The van der Waals surface area contributed by atoms with Crippen molar-refractivity contribution < 1.29 is 5.11 Å². The molecule has 1 aliphatic heterocycles. The van der Waals surface area contributed by atoms with Gasteiger partial charge >= 0.3 is 0 Å². The van der Waals surface area contributed by atoms with Crippen molar-refractivity contribution in [2.45, 2.75) is 44.2 Å². The lowest BCUT2D eigenvalue weighted by atomic mass is 9.66. The zero-order valence-electron chi connectivity index (χ0n) is 12.1. The summed E-state index contributed by atoms with van der Waals surface area (Å²) in [4.78, 5) is 18.0. The van der Waals surface area contributed by atoms with E-state index in [1.54, 1.807) is 17.0 Å². The van der Waals surface area contributed by atoms with Crippen molar-refractivity contribution in [2.75, 3.05) is 20.1 Å². The molecule has 0 radical (unpaired) electrons. The van der Waals surface area contributed by atoms with E-state index in [9.17, 15) is 9.90 Å². The summed E-state index contributed by atoms with van der Waals surface area (Å²) < 4.78 is 1.61. The van der Waals surface area contributed by atoms with Gasteiger partial charge in [-0.15, -0.1) is 0 Å². The molecular formula is C15H23N3O2. The Morgan fingerprint density at radius 1 is 1.35 bits per heavy atom. The Balaban J connectivity index is 1.92. The number of hydrogen-bond donors (Lipinski definition) is 1. The van der Waals surface area contributed by atoms with Crippen molar-refractivity contribution >= 4 is 0 Å². The molecule has 1 aromatic heterocycles. The maximum absolute atomic E-state index is 11.9. The lowest BCUT2D eigenvalue weighted by molar-refractivity contribution is -0.139. The van der Waals surface area contributed by atoms with E-state index in [4.69, 9.17) is 0 Å². The fourth-order valence-corrected chi connectivity index (χ4v) is 4.09. The van der Waals surface area contributed by atoms with Gasteiger partial charge in [0.25, 0.3) is 5.56 Å². The van der Waals surface area contributed by atoms with Gasteiger partial charge in [-0.3, -0.25) is 9.78 Å². The molecule has 2 fully saturated rings. The molecule has 0 amide bonds. The predicted molar refractivity (Wildman–Crippen MR) is 76.5 cm³/mol. The summed E-state index contributed by atoms with van der Waals surface area (Å²) in [6.07, 6.45) is 9.84. The van der Waals surface area contributed by atoms with Gasteiger partial charge in [0, 0.05) is 30.9 Å². The fourth-order valence-electron chi connectivity index (χ4n) is 4.09. The Hall–Kier alpha value is -1.20. The molecule has 5 nitrogen and oxygen atoms in total. The molecule has 1 aliphatic carbocycles. The Bertz CT molecular complexity index is 536. The van der Waals surface area contributed by atoms with Gasteiger partial charge in [-0.1, -0.05) is 12.8 Å². The largest absolute Gasteiger partial charge is 0.387 e. The molecule has 2 aliphatic rings. The maximum atomic E-state index is 11.9. The van der Waals surface area contributed by atoms with E-state index in [2.05, 4.69) is 16.9 Å². The molecule has 20 heavy (non-hydrogen) atoms. The van der Waals surface area contributed by atoms with Crippen molar-refractivity contribution in [1.29, 1.82) is 0 Å². The van der Waals surface area contributed by atoms with Gasteiger partial charge in [-0.25, -0.2) is 0 Å². The summed E-state index contributed by atoms with van der Waals surface area (Å²) in [6, 6.07) is 0. The lowest BCUT2D eigenvalue weighted by Crippen LogP contribution is -2.60. The van der Waals surface area contributed by atoms with E-state index in [1.165, 1.54) is 19.0 Å². The standard InChI is InChI=1S/C15H23N3O2/c1-17-8-6-15(20,14(11-17)4-2-3-5-14)12-18-9-7-16-10-13(18)19/h7,9-10,20H,2-6,8,11-12H2,1H3.